The quantitative estimate of drug-likeness (QED) is 0.923. The molecule has 0 aromatic carbocycles. The Hall–Kier alpha value is -1.50. The van der Waals surface area contributed by atoms with Gasteiger partial charge in [0.15, 0.2) is 5.82 Å². The van der Waals surface area contributed by atoms with Gasteiger partial charge in [-0.1, -0.05) is 18.3 Å². The third kappa shape index (κ3) is 2.20. The normalized spacial score (nSPS) is 34.1. The Morgan fingerprint density at radius 2 is 1.88 bits per heavy atom. The Labute approximate surface area is 145 Å². The number of carbonyl (C=O) groups is 1. The molecule has 24 heavy (non-hydrogen) atoms. The van der Waals surface area contributed by atoms with E-state index in [1.54, 1.807) is 4.52 Å². The van der Waals surface area contributed by atoms with E-state index in [0.717, 1.165) is 60.6 Å². The van der Waals surface area contributed by atoms with E-state index in [-0.39, 0.29) is 11.3 Å². The lowest BCUT2D eigenvalue weighted by molar-refractivity contribution is -0.140. The van der Waals surface area contributed by atoms with Gasteiger partial charge in [-0.05, 0) is 62.7 Å². The third-order valence-electron chi connectivity index (χ3n) is 6.27. The number of hydrogen-bond acceptors (Lipinski definition) is 5. The molecule has 0 unspecified atom stereocenters. The van der Waals surface area contributed by atoms with E-state index in [0.29, 0.717) is 5.13 Å². The first kappa shape index (κ1) is 14.8. The minimum absolute atomic E-state index is 0.132. The van der Waals surface area contributed by atoms with Gasteiger partial charge in [0.05, 0.1) is 5.41 Å². The Morgan fingerprint density at radius 1 is 1.21 bits per heavy atom. The lowest BCUT2D eigenvalue weighted by atomic mass is 9.49. The van der Waals surface area contributed by atoms with Crippen molar-refractivity contribution in [2.45, 2.75) is 58.3 Å². The predicted molar refractivity (Wildman–Crippen MR) is 91.9 cm³/mol. The topological polar surface area (TPSA) is 72.2 Å². The number of amides is 1. The second-order valence-corrected chi connectivity index (χ2v) is 9.08. The van der Waals surface area contributed by atoms with Crippen molar-refractivity contribution in [2.75, 3.05) is 5.32 Å². The molecule has 128 valence electrons. The molecule has 1 amide bonds. The maximum absolute atomic E-state index is 13.1. The maximum atomic E-state index is 13.1. The summed E-state index contributed by atoms with van der Waals surface area (Å²) in [6.45, 7) is 2.11. The fraction of sp³-hybridized carbons (Fsp3) is 0.765. The smallest absolute Gasteiger partial charge is 0.236 e. The molecule has 7 heteroatoms. The summed E-state index contributed by atoms with van der Waals surface area (Å²) in [5.74, 6) is 3.39. The minimum Gasteiger partial charge on any atom is -0.300 e. The van der Waals surface area contributed by atoms with E-state index >= 15 is 0 Å². The minimum atomic E-state index is -0.132. The molecule has 6 rings (SSSR count). The predicted octanol–water partition coefficient (Wildman–Crippen LogP) is 3.29. The van der Waals surface area contributed by atoms with Gasteiger partial charge in [0.2, 0.25) is 16.0 Å². The van der Waals surface area contributed by atoms with Gasteiger partial charge in [-0.25, -0.2) is 0 Å². The van der Waals surface area contributed by atoms with Crippen LogP contribution in [-0.4, -0.2) is 25.7 Å². The molecule has 4 aliphatic carbocycles. The second kappa shape index (κ2) is 5.25. The number of rotatable bonds is 4. The molecule has 4 fully saturated rings. The van der Waals surface area contributed by atoms with Crippen LogP contribution in [0.4, 0.5) is 5.13 Å². The molecular formula is C17H23N5OS. The van der Waals surface area contributed by atoms with Gasteiger partial charge in [-0.3, -0.25) is 4.79 Å². The van der Waals surface area contributed by atoms with Gasteiger partial charge >= 0.3 is 0 Å². The van der Waals surface area contributed by atoms with Crippen molar-refractivity contribution in [1.29, 1.82) is 0 Å². The first-order valence-corrected chi connectivity index (χ1v) is 9.99. The number of carbonyl (C=O) groups excluding carboxylic acids is 1. The highest BCUT2D eigenvalue weighted by Gasteiger charge is 2.54. The van der Waals surface area contributed by atoms with Gasteiger partial charge in [0.1, 0.15) is 0 Å². The van der Waals surface area contributed by atoms with Gasteiger partial charge in [0.25, 0.3) is 0 Å². The maximum Gasteiger partial charge on any atom is 0.236 e. The molecule has 2 heterocycles. The lowest BCUT2D eigenvalue weighted by Crippen LogP contribution is -2.51. The van der Waals surface area contributed by atoms with E-state index in [1.165, 1.54) is 30.6 Å². The third-order valence-corrected chi connectivity index (χ3v) is 7.08. The molecule has 4 saturated carbocycles. The van der Waals surface area contributed by atoms with Crippen molar-refractivity contribution in [1.82, 2.24) is 19.8 Å². The van der Waals surface area contributed by atoms with E-state index in [2.05, 4.69) is 27.5 Å². The Balaban J connectivity index is 1.38. The van der Waals surface area contributed by atoms with Crippen molar-refractivity contribution in [3.05, 3.63) is 5.82 Å². The van der Waals surface area contributed by atoms with Crippen molar-refractivity contribution >= 4 is 27.3 Å². The van der Waals surface area contributed by atoms with Crippen LogP contribution in [-0.2, 0) is 11.2 Å². The molecule has 6 nitrogen and oxygen atoms in total. The molecule has 0 atom stereocenters. The molecule has 0 spiro atoms. The Kier molecular flexibility index (Phi) is 3.24. The fourth-order valence-electron chi connectivity index (χ4n) is 5.71. The summed E-state index contributed by atoms with van der Waals surface area (Å²) in [6.07, 6.45) is 9.15. The van der Waals surface area contributed by atoms with Crippen molar-refractivity contribution < 1.29 is 4.79 Å². The van der Waals surface area contributed by atoms with Crippen molar-refractivity contribution in [3.8, 4) is 0 Å². The standard InChI is InChI=1S/C17H23N5OS/c1-2-3-13-19-20-16-22(13)21-15(24-16)18-14(23)17-7-10-4-11(8-17)6-12(5-10)9-17/h10-12H,2-9H2,1H3,(H,18,21,23). The number of anilines is 1. The monoisotopic (exact) mass is 345 g/mol. The van der Waals surface area contributed by atoms with E-state index in [9.17, 15) is 4.79 Å². The molecule has 0 aliphatic heterocycles. The fourth-order valence-corrected chi connectivity index (χ4v) is 6.46. The summed E-state index contributed by atoms with van der Waals surface area (Å²) in [5, 5.41) is 16.7. The van der Waals surface area contributed by atoms with Crippen LogP contribution < -0.4 is 5.32 Å². The van der Waals surface area contributed by atoms with Gasteiger partial charge in [-0.2, -0.15) is 4.52 Å². The summed E-state index contributed by atoms with van der Waals surface area (Å²) in [4.78, 5) is 13.8. The number of nitrogens with one attached hydrogen (secondary N) is 1. The van der Waals surface area contributed by atoms with Gasteiger partial charge in [0, 0.05) is 6.42 Å². The number of aryl methyl sites for hydroxylation is 1. The summed E-state index contributed by atoms with van der Waals surface area (Å²) in [7, 11) is 0. The van der Waals surface area contributed by atoms with Crippen LogP contribution in [0, 0.1) is 23.2 Å². The van der Waals surface area contributed by atoms with Gasteiger partial charge < -0.3 is 5.32 Å². The first-order valence-electron chi connectivity index (χ1n) is 9.18. The Morgan fingerprint density at radius 3 is 2.50 bits per heavy atom. The molecule has 0 radical (unpaired) electrons. The summed E-state index contributed by atoms with van der Waals surface area (Å²) in [6, 6.07) is 0. The Bertz CT molecular complexity index is 759. The molecule has 1 N–H and O–H groups in total. The zero-order valence-corrected chi connectivity index (χ0v) is 14.8. The molecular weight excluding hydrogens is 322 g/mol. The van der Waals surface area contributed by atoms with Crippen LogP contribution in [0.25, 0.3) is 4.96 Å². The summed E-state index contributed by atoms with van der Waals surface area (Å²) < 4.78 is 1.78. The lowest BCUT2D eigenvalue weighted by Gasteiger charge is -2.55. The number of aromatic nitrogens is 4. The average Bonchev–Trinajstić information content (AvgIpc) is 3.08. The van der Waals surface area contributed by atoms with E-state index < -0.39 is 0 Å². The zero-order valence-electron chi connectivity index (χ0n) is 14.0. The SMILES string of the molecule is CCCc1nnc2sc(NC(=O)C34CC5CC(CC(C5)C3)C4)nn12. The highest BCUT2D eigenvalue weighted by molar-refractivity contribution is 7.20. The van der Waals surface area contributed by atoms with Crippen LogP contribution in [0.3, 0.4) is 0 Å². The summed E-state index contributed by atoms with van der Waals surface area (Å²) >= 11 is 1.42. The van der Waals surface area contributed by atoms with Crippen LogP contribution in [0.1, 0.15) is 57.7 Å². The highest BCUT2D eigenvalue weighted by atomic mass is 32.1. The van der Waals surface area contributed by atoms with Gasteiger partial charge in [-0.15, -0.1) is 15.3 Å². The number of fused-ring (bicyclic) bond motifs is 1. The molecule has 4 aliphatic rings. The second-order valence-electron chi connectivity index (χ2n) is 8.12. The zero-order chi connectivity index (χ0) is 16.3. The first-order chi connectivity index (χ1) is 11.6. The largest absolute Gasteiger partial charge is 0.300 e. The van der Waals surface area contributed by atoms with E-state index in [4.69, 9.17) is 0 Å². The molecule has 4 bridgehead atoms. The summed E-state index contributed by atoms with van der Waals surface area (Å²) in [5.41, 5.74) is -0.132. The molecule has 2 aromatic heterocycles. The molecule has 0 saturated heterocycles. The van der Waals surface area contributed by atoms with Crippen LogP contribution in [0.15, 0.2) is 0 Å². The average molecular weight is 345 g/mol. The number of hydrogen-bond donors (Lipinski definition) is 1. The molecule has 2 aromatic rings. The van der Waals surface area contributed by atoms with Crippen LogP contribution >= 0.6 is 11.3 Å². The van der Waals surface area contributed by atoms with Crippen molar-refractivity contribution in [2.24, 2.45) is 23.2 Å². The number of nitrogens with zero attached hydrogens (tertiary/aromatic N) is 4. The highest BCUT2D eigenvalue weighted by Crippen LogP contribution is 2.60. The van der Waals surface area contributed by atoms with Crippen molar-refractivity contribution in [3.63, 3.8) is 0 Å². The van der Waals surface area contributed by atoms with Crippen LogP contribution in [0.5, 0.6) is 0 Å². The van der Waals surface area contributed by atoms with E-state index in [1.807, 2.05) is 0 Å². The van der Waals surface area contributed by atoms with Crippen LogP contribution in [0.2, 0.25) is 0 Å².